The summed E-state index contributed by atoms with van der Waals surface area (Å²) in [5.74, 6) is 1.09. The zero-order valence-electron chi connectivity index (χ0n) is 14.5. The fourth-order valence-electron chi connectivity index (χ4n) is 3.56. The minimum Gasteiger partial charge on any atom is -0.377 e. The molecule has 6 nitrogen and oxygen atoms in total. The van der Waals surface area contributed by atoms with E-state index < -0.39 is 0 Å². The van der Waals surface area contributed by atoms with Gasteiger partial charge in [0, 0.05) is 44.5 Å². The molecule has 0 unspecified atom stereocenters. The van der Waals surface area contributed by atoms with E-state index in [1.54, 1.807) is 6.08 Å². The maximum absolute atomic E-state index is 5.80. The molecule has 0 saturated heterocycles. The molecule has 3 heterocycles. The van der Waals surface area contributed by atoms with Gasteiger partial charge in [-0.3, -0.25) is 9.88 Å². The van der Waals surface area contributed by atoms with Crippen LogP contribution in [-0.4, -0.2) is 44.6 Å². The highest BCUT2D eigenvalue weighted by Gasteiger charge is 2.33. The van der Waals surface area contributed by atoms with Gasteiger partial charge in [0.15, 0.2) is 0 Å². The molecule has 2 aromatic rings. The average molecular weight is 339 g/mol. The summed E-state index contributed by atoms with van der Waals surface area (Å²) in [7, 11) is 0. The van der Waals surface area contributed by atoms with Gasteiger partial charge in [-0.2, -0.15) is 0 Å². The third-order valence-electron chi connectivity index (χ3n) is 4.92. The second kappa shape index (κ2) is 7.45. The molecule has 0 aromatic carbocycles. The van der Waals surface area contributed by atoms with Crippen molar-refractivity contribution in [1.82, 2.24) is 24.9 Å². The Balaban J connectivity index is 1.52. The normalized spacial score (nSPS) is 20.4. The molecule has 1 aliphatic heterocycles. The molecule has 2 aliphatic rings. The maximum Gasteiger partial charge on any atom is 0.100 e. The summed E-state index contributed by atoms with van der Waals surface area (Å²) in [6.45, 7) is 8.72. The summed E-state index contributed by atoms with van der Waals surface area (Å²) in [6.07, 6.45) is 8.14. The Morgan fingerprint density at radius 1 is 1.28 bits per heavy atom. The van der Waals surface area contributed by atoms with Gasteiger partial charge in [0.25, 0.3) is 0 Å². The molecule has 1 saturated carbocycles. The van der Waals surface area contributed by atoms with Crippen LogP contribution in [0.25, 0.3) is 0 Å². The number of fused-ring (bicyclic) bond motifs is 1. The first kappa shape index (κ1) is 16.4. The largest absolute Gasteiger partial charge is 0.377 e. The van der Waals surface area contributed by atoms with Crippen LogP contribution in [0.2, 0.25) is 0 Å². The minimum atomic E-state index is 0.305. The van der Waals surface area contributed by atoms with Crippen LogP contribution in [0.15, 0.2) is 37.2 Å². The van der Waals surface area contributed by atoms with Crippen LogP contribution in [0.4, 0.5) is 0 Å². The van der Waals surface area contributed by atoms with Crippen LogP contribution in [0.5, 0.6) is 0 Å². The van der Waals surface area contributed by atoms with E-state index in [2.05, 4.69) is 43.6 Å². The molecular formula is C19H25N5O. The molecule has 0 radical (unpaired) electrons. The van der Waals surface area contributed by atoms with Crippen LogP contribution >= 0.6 is 0 Å². The Morgan fingerprint density at radius 3 is 2.88 bits per heavy atom. The number of nitrogens with zero attached hydrogens (tertiary/aromatic N) is 5. The van der Waals surface area contributed by atoms with Gasteiger partial charge in [0.1, 0.15) is 5.69 Å². The second-order valence-electron chi connectivity index (χ2n) is 7.10. The molecule has 0 bridgehead atoms. The minimum absolute atomic E-state index is 0.305. The van der Waals surface area contributed by atoms with E-state index in [0.29, 0.717) is 19.1 Å². The molecule has 25 heavy (non-hydrogen) atoms. The van der Waals surface area contributed by atoms with Gasteiger partial charge < -0.3 is 4.74 Å². The monoisotopic (exact) mass is 339 g/mol. The van der Waals surface area contributed by atoms with Crippen LogP contribution < -0.4 is 0 Å². The number of rotatable bonds is 8. The van der Waals surface area contributed by atoms with E-state index in [9.17, 15) is 0 Å². The van der Waals surface area contributed by atoms with Crippen molar-refractivity contribution in [3.8, 4) is 0 Å². The first-order valence-electron chi connectivity index (χ1n) is 9.05. The standard InChI is InChI=1S/C19H25N5O/c1-2-9-25-14-17-12-23(10-16-5-7-20-8-6-16)13-18-19(17)24(22-21-18)11-15-3-4-15/h2,5-8,15,17H,1,3-4,9-14H2/t17-/m0/s1. The summed E-state index contributed by atoms with van der Waals surface area (Å²) in [5, 5.41) is 8.94. The van der Waals surface area contributed by atoms with Gasteiger partial charge >= 0.3 is 0 Å². The van der Waals surface area contributed by atoms with E-state index in [1.807, 2.05) is 12.4 Å². The van der Waals surface area contributed by atoms with Crippen molar-refractivity contribution in [3.05, 3.63) is 54.1 Å². The SMILES string of the molecule is C=CCOC[C@@H]1CN(Cc2ccncc2)Cc2nnn(CC3CC3)c21. The molecule has 1 aliphatic carbocycles. The molecule has 0 amide bonds. The summed E-state index contributed by atoms with van der Waals surface area (Å²) in [4.78, 5) is 6.53. The maximum atomic E-state index is 5.80. The predicted molar refractivity (Wildman–Crippen MR) is 94.9 cm³/mol. The van der Waals surface area contributed by atoms with E-state index in [4.69, 9.17) is 4.74 Å². The lowest BCUT2D eigenvalue weighted by molar-refractivity contribution is 0.111. The Labute approximate surface area is 148 Å². The first-order chi connectivity index (χ1) is 12.3. The number of hydrogen-bond donors (Lipinski definition) is 0. The molecule has 0 spiro atoms. The number of hydrogen-bond acceptors (Lipinski definition) is 5. The smallest absolute Gasteiger partial charge is 0.100 e. The lowest BCUT2D eigenvalue weighted by atomic mass is 9.98. The van der Waals surface area contributed by atoms with Crippen molar-refractivity contribution < 1.29 is 4.74 Å². The third-order valence-corrected chi connectivity index (χ3v) is 4.92. The van der Waals surface area contributed by atoms with Gasteiger partial charge in [0.05, 0.1) is 18.9 Å². The Bertz CT molecular complexity index is 710. The highest BCUT2D eigenvalue weighted by Crippen LogP contribution is 2.34. The van der Waals surface area contributed by atoms with Crippen molar-refractivity contribution in [1.29, 1.82) is 0 Å². The van der Waals surface area contributed by atoms with Crippen molar-refractivity contribution in [2.75, 3.05) is 19.8 Å². The highest BCUT2D eigenvalue weighted by atomic mass is 16.5. The summed E-state index contributed by atoms with van der Waals surface area (Å²) in [6, 6.07) is 4.14. The van der Waals surface area contributed by atoms with Crippen molar-refractivity contribution in [2.45, 2.75) is 38.4 Å². The fraction of sp³-hybridized carbons (Fsp3) is 0.526. The van der Waals surface area contributed by atoms with E-state index in [-0.39, 0.29) is 0 Å². The Morgan fingerprint density at radius 2 is 2.12 bits per heavy atom. The van der Waals surface area contributed by atoms with E-state index >= 15 is 0 Å². The lowest BCUT2D eigenvalue weighted by Crippen LogP contribution is -2.36. The van der Waals surface area contributed by atoms with Gasteiger partial charge in [-0.15, -0.1) is 11.7 Å². The molecule has 0 N–H and O–H groups in total. The number of ether oxygens (including phenoxy) is 1. The molecule has 2 aromatic heterocycles. The Kier molecular flexibility index (Phi) is 4.90. The number of aromatic nitrogens is 4. The number of pyridine rings is 1. The van der Waals surface area contributed by atoms with Crippen LogP contribution in [0.1, 0.15) is 35.7 Å². The third kappa shape index (κ3) is 3.96. The quantitative estimate of drug-likeness (QED) is 0.546. The van der Waals surface area contributed by atoms with Crippen molar-refractivity contribution in [2.24, 2.45) is 5.92 Å². The van der Waals surface area contributed by atoms with E-state index in [0.717, 1.165) is 37.8 Å². The zero-order chi connectivity index (χ0) is 17.1. The molecular weight excluding hydrogens is 314 g/mol. The van der Waals surface area contributed by atoms with Crippen molar-refractivity contribution in [3.63, 3.8) is 0 Å². The molecule has 1 fully saturated rings. The fourth-order valence-corrected chi connectivity index (χ4v) is 3.56. The van der Waals surface area contributed by atoms with Crippen LogP contribution in [-0.2, 0) is 24.4 Å². The van der Waals surface area contributed by atoms with Crippen molar-refractivity contribution >= 4 is 0 Å². The van der Waals surface area contributed by atoms with Crippen LogP contribution in [0, 0.1) is 5.92 Å². The molecule has 4 rings (SSSR count). The molecule has 1 atom stereocenters. The second-order valence-corrected chi connectivity index (χ2v) is 7.10. The summed E-state index contributed by atoms with van der Waals surface area (Å²) < 4.78 is 7.94. The first-order valence-corrected chi connectivity index (χ1v) is 9.05. The lowest BCUT2D eigenvalue weighted by Gasteiger charge is -2.32. The van der Waals surface area contributed by atoms with Gasteiger partial charge in [0.2, 0.25) is 0 Å². The summed E-state index contributed by atoms with van der Waals surface area (Å²) >= 11 is 0. The van der Waals surface area contributed by atoms with Gasteiger partial charge in [-0.25, -0.2) is 4.68 Å². The predicted octanol–water partition coefficient (Wildman–Crippen LogP) is 2.39. The summed E-state index contributed by atoms with van der Waals surface area (Å²) in [5.41, 5.74) is 3.66. The van der Waals surface area contributed by atoms with Gasteiger partial charge in [-0.1, -0.05) is 11.3 Å². The Hall–Kier alpha value is -2.05. The van der Waals surface area contributed by atoms with Gasteiger partial charge in [-0.05, 0) is 36.5 Å². The zero-order valence-corrected chi connectivity index (χ0v) is 14.5. The topological polar surface area (TPSA) is 56.1 Å². The molecule has 6 heteroatoms. The average Bonchev–Trinajstić information content (AvgIpc) is 3.35. The van der Waals surface area contributed by atoms with Crippen LogP contribution in [0.3, 0.4) is 0 Å². The van der Waals surface area contributed by atoms with E-state index in [1.165, 1.54) is 24.1 Å². The molecule has 132 valence electrons. The highest BCUT2D eigenvalue weighted by molar-refractivity contribution is 5.21.